The summed E-state index contributed by atoms with van der Waals surface area (Å²) < 4.78 is 0. The van der Waals surface area contributed by atoms with Gasteiger partial charge in [-0.05, 0) is 43.9 Å². The molecule has 0 spiro atoms. The van der Waals surface area contributed by atoms with Crippen molar-refractivity contribution in [1.82, 2.24) is 0 Å². The van der Waals surface area contributed by atoms with Crippen molar-refractivity contribution in [1.29, 1.82) is 5.26 Å². The topological polar surface area (TPSA) is 35.8 Å². The zero-order valence-electron chi connectivity index (χ0n) is 13.5. The van der Waals surface area contributed by atoms with E-state index in [1.165, 1.54) is 5.57 Å². The summed E-state index contributed by atoms with van der Waals surface area (Å²) in [6, 6.07) is 22.8. The first-order chi connectivity index (χ1) is 11.2. The number of nitriles is 1. The third-order valence-corrected chi connectivity index (χ3v) is 4.65. The van der Waals surface area contributed by atoms with Gasteiger partial charge < -0.3 is 5.32 Å². The Labute approximate surface area is 138 Å². The first kappa shape index (κ1) is 15.4. The van der Waals surface area contributed by atoms with E-state index in [0.29, 0.717) is 0 Å². The third-order valence-electron chi connectivity index (χ3n) is 4.65. The zero-order chi connectivity index (χ0) is 16.1. The number of anilines is 1. The van der Waals surface area contributed by atoms with E-state index in [2.05, 4.69) is 36.5 Å². The van der Waals surface area contributed by atoms with Gasteiger partial charge in [0.1, 0.15) is 0 Å². The molecule has 3 rings (SSSR count). The minimum absolute atomic E-state index is 0.170. The predicted molar refractivity (Wildman–Crippen MR) is 94.9 cm³/mol. The molecule has 23 heavy (non-hydrogen) atoms. The van der Waals surface area contributed by atoms with Crippen LogP contribution in [0.2, 0.25) is 0 Å². The first-order valence-corrected chi connectivity index (χ1v) is 8.22. The molecule has 1 N–H and O–H groups in total. The summed E-state index contributed by atoms with van der Waals surface area (Å²) in [7, 11) is 0. The average molecular weight is 302 g/mol. The lowest BCUT2D eigenvalue weighted by atomic mass is 9.73. The van der Waals surface area contributed by atoms with Gasteiger partial charge in [0, 0.05) is 11.6 Å². The van der Waals surface area contributed by atoms with Crippen LogP contribution < -0.4 is 5.32 Å². The van der Waals surface area contributed by atoms with Gasteiger partial charge in [0.25, 0.3) is 0 Å². The van der Waals surface area contributed by atoms with E-state index >= 15 is 0 Å². The van der Waals surface area contributed by atoms with Crippen molar-refractivity contribution in [3.63, 3.8) is 0 Å². The van der Waals surface area contributed by atoms with E-state index in [1.807, 2.05) is 48.5 Å². The maximum Gasteiger partial charge on any atom is 0.157 e. The number of para-hydroxylation sites is 1. The molecule has 2 unspecified atom stereocenters. The highest BCUT2D eigenvalue weighted by atomic mass is 15.0. The van der Waals surface area contributed by atoms with Gasteiger partial charge in [-0.15, -0.1) is 0 Å². The molecule has 0 saturated carbocycles. The SMILES string of the molecule is CC1=CC(C(C#N)(Nc2ccccc2)c2ccccc2)CCC1. The van der Waals surface area contributed by atoms with Crippen LogP contribution in [0.1, 0.15) is 31.7 Å². The molecule has 2 aromatic rings. The quantitative estimate of drug-likeness (QED) is 0.781. The lowest BCUT2D eigenvalue weighted by Crippen LogP contribution is -2.41. The number of benzene rings is 2. The maximum absolute atomic E-state index is 10.2. The van der Waals surface area contributed by atoms with Crippen LogP contribution in [0.15, 0.2) is 72.3 Å². The summed E-state index contributed by atoms with van der Waals surface area (Å²) >= 11 is 0. The van der Waals surface area contributed by atoms with Gasteiger partial charge in [0.05, 0.1) is 6.07 Å². The number of hydrogen-bond acceptors (Lipinski definition) is 2. The van der Waals surface area contributed by atoms with Crippen molar-refractivity contribution >= 4 is 5.69 Å². The van der Waals surface area contributed by atoms with Crippen LogP contribution in [0.3, 0.4) is 0 Å². The third kappa shape index (κ3) is 3.14. The average Bonchev–Trinajstić information content (AvgIpc) is 2.61. The van der Waals surface area contributed by atoms with E-state index < -0.39 is 5.54 Å². The maximum atomic E-state index is 10.2. The van der Waals surface area contributed by atoms with E-state index in [9.17, 15) is 5.26 Å². The van der Waals surface area contributed by atoms with Gasteiger partial charge in [0.15, 0.2) is 5.54 Å². The van der Waals surface area contributed by atoms with E-state index in [-0.39, 0.29) is 5.92 Å². The summed E-state index contributed by atoms with van der Waals surface area (Å²) in [6.45, 7) is 2.17. The Balaban J connectivity index is 2.08. The van der Waals surface area contributed by atoms with Crippen molar-refractivity contribution in [2.24, 2.45) is 5.92 Å². The number of hydrogen-bond donors (Lipinski definition) is 1. The summed E-state index contributed by atoms with van der Waals surface area (Å²) in [5.41, 5.74) is 2.66. The van der Waals surface area contributed by atoms with E-state index in [0.717, 1.165) is 30.5 Å². The van der Waals surface area contributed by atoms with Crippen LogP contribution in [0, 0.1) is 17.2 Å². The highest BCUT2D eigenvalue weighted by Crippen LogP contribution is 2.40. The van der Waals surface area contributed by atoms with Crippen molar-refractivity contribution in [2.75, 3.05) is 5.32 Å². The molecule has 0 saturated heterocycles. The monoisotopic (exact) mass is 302 g/mol. The Morgan fingerprint density at radius 1 is 1.04 bits per heavy atom. The van der Waals surface area contributed by atoms with Crippen molar-refractivity contribution in [3.05, 3.63) is 77.9 Å². The molecule has 2 atom stereocenters. The second-order valence-corrected chi connectivity index (χ2v) is 6.29. The molecule has 0 radical (unpaired) electrons. The molecule has 2 heteroatoms. The molecule has 1 aliphatic carbocycles. The van der Waals surface area contributed by atoms with Gasteiger partial charge in [-0.3, -0.25) is 0 Å². The van der Waals surface area contributed by atoms with Crippen LogP contribution in [0.5, 0.6) is 0 Å². The molecule has 0 bridgehead atoms. The minimum Gasteiger partial charge on any atom is -0.363 e. The molecule has 0 fully saturated rings. The van der Waals surface area contributed by atoms with Crippen LogP contribution in [-0.4, -0.2) is 0 Å². The van der Waals surface area contributed by atoms with Gasteiger partial charge in [0.2, 0.25) is 0 Å². The Kier molecular flexibility index (Phi) is 4.48. The largest absolute Gasteiger partial charge is 0.363 e. The van der Waals surface area contributed by atoms with Crippen molar-refractivity contribution in [3.8, 4) is 6.07 Å². The Hall–Kier alpha value is -2.53. The van der Waals surface area contributed by atoms with Gasteiger partial charge in [-0.25, -0.2) is 0 Å². The molecule has 0 aliphatic heterocycles. The zero-order valence-corrected chi connectivity index (χ0v) is 13.5. The number of nitrogens with one attached hydrogen (secondary N) is 1. The fourth-order valence-electron chi connectivity index (χ4n) is 3.46. The van der Waals surface area contributed by atoms with Gasteiger partial charge >= 0.3 is 0 Å². The molecular formula is C21H22N2. The Bertz CT molecular complexity index is 713. The summed E-state index contributed by atoms with van der Waals surface area (Å²) in [6.07, 6.45) is 5.59. The fraction of sp³-hybridized carbons (Fsp3) is 0.286. The number of nitrogens with zero attached hydrogens (tertiary/aromatic N) is 1. The van der Waals surface area contributed by atoms with E-state index in [4.69, 9.17) is 0 Å². The minimum atomic E-state index is -0.732. The summed E-state index contributed by atoms with van der Waals surface area (Å²) in [4.78, 5) is 0. The lowest BCUT2D eigenvalue weighted by molar-refractivity contribution is 0.397. The van der Waals surface area contributed by atoms with Gasteiger partial charge in [-0.1, -0.05) is 60.2 Å². The normalized spacial score (nSPS) is 20.0. The second kappa shape index (κ2) is 6.71. The first-order valence-electron chi connectivity index (χ1n) is 8.22. The Morgan fingerprint density at radius 2 is 1.70 bits per heavy atom. The smallest absolute Gasteiger partial charge is 0.157 e. The molecule has 1 aliphatic rings. The van der Waals surface area contributed by atoms with Crippen LogP contribution >= 0.6 is 0 Å². The van der Waals surface area contributed by atoms with Crippen LogP contribution in [0.4, 0.5) is 5.69 Å². The second-order valence-electron chi connectivity index (χ2n) is 6.29. The van der Waals surface area contributed by atoms with Crippen molar-refractivity contribution in [2.45, 2.75) is 31.7 Å². The van der Waals surface area contributed by atoms with Crippen LogP contribution in [0.25, 0.3) is 0 Å². The fourth-order valence-corrected chi connectivity index (χ4v) is 3.46. The molecule has 116 valence electrons. The standard InChI is InChI=1S/C21H22N2/c1-17-9-8-12-19(15-17)21(16-22,18-10-4-2-5-11-18)23-20-13-6-3-7-14-20/h2-7,10-11,13-15,19,23H,8-9,12H2,1H3. The molecule has 0 amide bonds. The van der Waals surface area contributed by atoms with E-state index in [1.54, 1.807) is 0 Å². The molecule has 2 nitrogen and oxygen atoms in total. The van der Waals surface area contributed by atoms with Crippen LogP contribution in [-0.2, 0) is 5.54 Å². The lowest BCUT2D eigenvalue weighted by Gasteiger charge is -2.37. The number of allylic oxidation sites excluding steroid dienone is 1. The molecule has 0 heterocycles. The van der Waals surface area contributed by atoms with Crippen molar-refractivity contribution < 1.29 is 0 Å². The highest BCUT2D eigenvalue weighted by Gasteiger charge is 2.40. The highest BCUT2D eigenvalue weighted by molar-refractivity contribution is 5.52. The Morgan fingerprint density at radius 3 is 2.30 bits per heavy atom. The molecule has 0 aromatic heterocycles. The summed E-state index contributed by atoms with van der Waals surface area (Å²) in [5, 5.41) is 13.7. The molecule has 2 aromatic carbocycles. The predicted octanol–water partition coefficient (Wildman–Crippen LogP) is 5.26. The summed E-state index contributed by atoms with van der Waals surface area (Å²) in [5.74, 6) is 0.170. The number of rotatable bonds is 4. The molecular weight excluding hydrogens is 280 g/mol. The van der Waals surface area contributed by atoms with Gasteiger partial charge in [-0.2, -0.15) is 5.26 Å².